The molecule has 2 rings (SSSR count). The third kappa shape index (κ3) is 3.45. The summed E-state index contributed by atoms with van der Waals surface area (Å²) in [5.74, 6) is 2.51. The lowest BCUT2D eigenvalue weighted by Crippen LogP contribution is -2.29. The highest BCUT2D eigenvalue weighted by molar-refractivity contribution is 5.40. The Morgan fingerprint density at radius 1 is 1.25 bits per heavy atom. The van der Waals surface area contributed by atoms with Crippen molar-refractivity contribution in [3.63, 3.8) is 0 Å². The van der Waals surface area contributed by atoms with Gasteiger partial charge < -0.3 is 14.8 Å². The molecule has 1 aliphatic rings. The summed E-state index contributed by atoms with van der Waals surface area (Å²) in [6.45, 7) is 6.71. The smallest absolute Gasteiger partial charge is 0.127 e. The van der Waals surface area contributed by atoms with Crippen molar-refractivity contribution in [2.75, 3.05) is 20.8 Å². The predicted octanol–water partition coefficient (Wildman–Crippen LogP) is 3.62. The van der Waals surface area contributed by atoms with Crippen molar-refractivity contribution in [2.45, 2.75) is 39.7 Å². The van der Waals surface area contributed by atoms with Gasteiger partial charge in [0.2, 0.25) is 0 Å². The molecule has 0 aliphatic heterocycles. The molecular weight excluding hydrogens is 250 g/mol. The van der Waals surface area contributed by atoms with Crippen LogP contribution in [0.4, 0.5) is 0 Å². The number of hydrogen-bond donors (Lipinski definition) is 1. The Labute approximate surface area is 122 Å². The highest BCUT2D eigenvalue weighted by atomic mass is 16.5. The molecule has 0 radical (unpaired) electrons. The summed E-state index contributed by atoms with van der Waals surface area (Å²) in [6.07, 6.45) is 4.07. The van der Waals surface area contributed by atoms with Crippen LogP contribution in [-0.2, 0) is 6.54 Å². The van der Waals surface area contributed by atoms with Crippen molar-refractivity contribution in [1.82, 2.24) is 5.32 Å². The second-order valence-electron chi connectivity index (χ2n) is 6.39. The molecule has 1 N–H and O–H groups in total. The topological polar surface area (TPSA) is 30.5 Å². The van der Waals surface area contributed by atoms with E-state index in [1.165, 1.54) is 24.8 Å². The average molecular weight is 277 g/mol. The lowest BCUT2D eigenvalue weighted by molar-refractivity contribution is 0.251. The maximum Gasteiger partial charge on any atom is 0.127 e. The van der Waals surface area contributed by atoms with E-state index in [9.17, 15) is 0 Å². The Hall–Kier alpha value is -1.22. The lowest BCUT2D eigenvalue weighted by atomic mass is 9.82. The molecule has 0 aromatic heterocycles. The van der Waals surface area contributed by atoms with Crippen LogP contribution in [-0.4, -0.2) is 20.8 Å². The lowest BCUT2D eigenvalue weighted by Gasteiger charge is -2.27. The summed E-state index contributed by atoms with van der Waals surface area (Å²) >= 11 is 0. The number of hydrogen-bond acceptors (Lipinski definition) is 3. The molecule has 20 heavy (non-hydrogen) atoms. The Balaban J connectivity index is 1.91. The van der Waals surface area contributed by atoms with Crippen LogP contribution in [0.3, 0.4) is 0 Å². The van der Waals surface area contributed by atoms with E-state index < -0.39 is 0 Å². The summed E-state index contributed by atoms with van der Waals surface area (Å²) in [6, 6.07) is 6.00. The molecule has 1 aromatic rings. The van der Waals surface area contributed by atoms with E-state index in [-0.39, 0.29) is 0 Å². The van der Waals surface area contributed by atoms with Crippen LogP contribution in [0, 0.1) is 11.3 Å². The van der Waals surface area contributed by atoms with Gasteiger partial charge in [-0.2, -0.15) is 0 Å². The van der Waals surface area contributed by atoms with Crippen molar-refractivity contribution < 1.29 is 9.47 Å². The van der Waals surface area contributed by atoms with E-state index in [4.69, 9.17) is 9.47 Å². The third-order valence-electron chi connectivity index (χ3n) is 4.68. The molecule has 3 nitrogen and oxygen atoms in total. The molecule has 0 saturated heterocycles. The van der Waals surface area contributed by atoms with Gasteiger partial charge in [-0.05, 0) is 36.8 Å². The summed E-state index contributed by atoms with van der Waals surface area (Å²) in [5.41, 5.74) is 1.67. The highest BCUT2D eigenvalue weighted by Gasteiger charge is 2.33. The molecule has 1 fully saturated rings. The first-order valence-corrected chi connectivity index (χ1v) is 7.48. The number of benzene rings is 1. The fourth-order valence-corrected chi connectivity index (χ4v) is 3.16. The zero-order valence-corrected chi connectivity index (χ0v) is 13.2. The Morgan fingerprint density at radius 2 is 2.05 bits per heavy atom. The monoisotopic (exact) mass is 277 g/mol. The highest BCUT2D eigenvalue weighted by Crippen LogP contribution is 2.42. The second kappa shape index (κ2) is 6.49. The van der Waals surface area contributed by atoms with E-state index >= 15 is 0 Å². The number of rotatable bonds is 6. The van der Waals surface area contributed by atoms with Crippen LogP contribution in [0.2, 0.25) is 0 Å². The van der Waals surface area contributed by atoms with Gasteiger partial charge in [-0.1, -0.05) is 26.3 Å². The van der Waals surface area contributed by atoms with Crippen LogP contribution < -0.4 is 14.8 Å². The van der Waals surface area contributed by atoms with Crippen molar-refractivity contribution >= 4 is 0 Å². The summed E-state index contributed by atoms with van der Waals surface area (Å²) in [4.78, 5) is 0. The molecular formula is C17H27NO2. The Bertz CT molecular complexity index is 443. The summed E-state index contributed by atoms with van der Waals surface area (Å²) in [5, 5.41) is 3.59. The van der Waals surface area contributed by atoms with Crippen LogP contribution in [0.25, 0.3) is 0 Å². The van der Waals surface area contributed by atoms with Gasteiger partial charge in [0.25, 0.3) is 0 Å². The van der Waals surface area contributed by atoms with Gasteiger partial charge >= 0.3 is 0 Å². The van der Waals surface area contributed by atoms with Crippen molar-refractivity contribution in [3.05, 3.63) is 23.8 Å². The zero-order valence-electron chi connectivity index (χ0n) is 13.2. The molecule has 0 bridgehead atoms. The minimum atomic E-state index is 0.483. The van der Waals surface area contributed by atoms with Gasteiger partial charge in [-0.25, -0.2) is 0 Å². The normalized spacial score (nSPS) is 20.9. The van der Waals surface area contributed by atoms with Crippen LogP contribution in [0.5, 0.6) is 11.5 Å². The maximum absolute atomic E-state index is 5.43. The fourth-order valence-electron chi connectivity index (χ4n) is 3.16. The van der Waals surface area contributed by atoms with E-state index in [2.05, 4.69) is 25.2 Å². The molecule has 0 spiro atoms. The predicted molar refractivity (Wildman–Crippen MR) is 82.4 cm³/mol. The van der Waals surface area contributed by atoms with E-state index in [1.54, 1.807) is 14.2 Å². The van der Waals surface area contributed by atoms with Crippen molar-refractivity contribution in [3.8, 4) is 11.5 Å². The Morgan fingerprint density at radius 3 is 2.65 bits per heavy atom. The molecule has 1 unspecified atom stereocenters. The second-order valence-corrected chi connectivity index (χ2v) is 6.39. The van der Waals surface area contributed by atoms with Gasteiger partial charge in [-0.15, -0.1) is 0 Å². The quantitative estimate of drug-likeness (QED) is 0.861. The van der Waals surface area contributed by atoms with E-state index in [0.29, 0.717) is 5.41 Å². The van der Waals surface area contributed by atoms with Gasteiger partial charge in [0.15, 0.2) is 0 Å². The fraction of sp³-hybridized carbons (Fsp3) is 0.647. The average Bonchev–Trinajstić information content (AvgIpc) is 2.78. The number of ether oxygens (including phenoxy) is 2. The molecule has 1 atom stereocenters. The molecule has 3 heteroatoms. The van der Waals surface area contributed by atoms with Gasteiger partial charge in [0, 0.05) is 18.2 Å². The van der Waals surface area contributed by atoms with Crippen molar-refractivity contribution in [1.29, 1.82) is 0 Å². The first-order valence-electron chi connectivity index (χ1n) is 7.48. The van der Waals surface area contributed by atoms with Gasteiger partial charge in [0.05, 0.1) is 14.2 Å². The van der Waals surface area contributed by atoms with Gasteiger partial charge in [-0.3, -0.25) is 0 Å². The van der Waals surface area contributed by atoms with E-state index in [1.807, 2.05) is 12.1 Å². The third-order valence-corrected chi connectivity index (χ3v) is 4.68. The molecule has 112 valence electrons. The summed E-state index contributed by atoms with van der Waals surface area (Å²) < 4.78 is 10.7. The van der Waals surface area contributed by atoms with Crippen LogP contribution >= 0.6 is 0 Å². The van der Waals surface area contributed by atoms with Gasteiger partial charge in [0.1, 0.15) is 11.5 Å². The number of nitrogens with one attached hydrogen (secondary N) is 1. The minimum Gasteiger partial charge on any atom is -0.497 e. The standard InChI is InChI=1S/C17H27NO2/c1-17(2)9-5-6-14(17)12-18-11-13-7-8-15(19-3)10-16(13)20-4/h7-8,10,14,18H,5-6,9,11-12H2,1-4H3. The van der Waals surface area contributed by atoms with Crippen LogP contribution in [0.15, 0.2) is 18.2 Å². The van der Waals surface area contributed by atoms with E-state index in [0.717, 1.165) is 30.5 Å². The first kappa shape index (κ1) is 15.2. The largest absolute Gasteiger partial charge is 0.497 e. The van der Waals surface area contributed by atoms with Crippen molar-refractivity contribution in [2.24, 2.45) is 11.3 Å². The molecule has 0 amide bonds. The maximum atomic E-state index is 5.43. The Kier molecular flexibility index (Phi) is 4.92. The molecule has 0 heterocycles. The molecule has 1 aliphatic carbocycles. The SMILES string of the molecule is COc1ccc(CNCC2CCCC2(C)C)c(OC)c1. The zero-order chi connectivity index (χ0) is 14.6. The number of methoxy groups -OCH3 is 2. The first-order chi connectivity index (χ1) is 9.56. The van der Waals surface area contributed by atoms with Crippen LogP contribution in [0.1, 0.15) is 38.7 Å². The molecule has 1 aromatic carbocycles. The minimum absolute atomic E-state index is 0.483. The molecule has 1 saturated carbocycles. The summed E-state index contributed by atoms with van der Waals surface area (Å²) in [7, 11) is 3.38.